The number of ether oxygens (including phenoxy) is 2. The van der Waals surface area contributed by atoms with E-state index >= 15 is 0 Å². The van der Waals surface area contributed by atoms with Crippen LogP contribution in [0, 0.1) is 11.8 Å². The van der Waals surface area contributed by atoms with Crippen molar-refractivity contribution in [3.05, 3.63) is 22.7 Å². The molecule has 0 radical (unpaired) electrons. The lowest BCUT2D eigenvalue weighted by Gasteiger charge is -2.25. The molecule has 1 heterocycles. The fourth-order valence-electron chi connectivity index (χ4n) is 1.91. The summed E-state index contributed by atoms with van der Waals surface area (Å²) in [5.41, 5.74) is 1.07. The molecule has 1 aliphatic heterocycles. The molecule has 18 heavy (non-hydrogen) atoms. The van der Waals surface area contributed by atoms with E-state index in [1.807, 2.05) is 12.1 Å². The minimum absolute atomic E-state index is 0.223. The van der Waals surface area contributed by atoms with E-state index in [-0.39, 0.29) is 4.83 Å². The second-order valence-corrected chi connectivity index (χ2v) is 6.42. The third-order valence-corrected chi connectivity index (χ3v) is 5.13. The molecule has 4 heteroatoms. The summed E-state index contributed by atoms with van der Waals surface area (Å²) >= 11 is 10.1. The van der Waals surface area contributed by atoms with Gasteiger partial charge in [-0.3, -0.25) is 0 Å². The monoisotopic (exact) mass is 332 g/mol. The average Bonchev–Trinajstić information content (AvgIpc) is 2.36. The van der Waals surface area contributed by atoms with Crippen LogP contribution in [-0.4, -0.2) is 13.2 Å². The number of fused-ring (bicyclic) bond motifs is 1. The fraction of sp³-hybridized carbons (Fsp3) is 0.571. The summed E-state index contributed by atoms with van der Waals surface area (Å²) < 4.78 is 11.1. The largest absolute Gasteiger partial charge is 0.486 e. The van der Waals surface area contributed by atoms with Crippen molar-refractivity contribution in [1.82, 2.24) is 0 Å². The average molecular weight is 334 g/mol. The Balaban J connectivity index is 2.33. The van der Waals surface area contributed by atoms with Gasteiger partial charge in [-0.15, -0.1) is 0 Å². The van der Waals surface area contributed by atoms with Gasteiger partial charge in [0.15, 0.2) is 11.5 Å². The van der Waals surface area contributed by atoms with Crippen LogP contribution in [0.4, 0.5) is 0 Å². The van der Waals surface area contributed by atoms with Crippen LogP contribution in [0.15, 0.2) is 12.1 Å². The summed E-state index contributed by atoms with van der Waals surface area (Å²) in [4.78, 5) is 0.223. The number of hydrogen-bond acceptors (Lipinski definition) is 2. The highest BCUT2D eigenvalue weighted by Crippen LogP contribution is 2.43. The first kappa shape index (κ1) is 14.0. The third kappa shape index (κ3) is 2.77. The van der Waals surface area contributed by atoms with Crippen molar-refractivity contribution in [2.75, 3.05) is 13.2 Å². The number of hydrogen-bond donors (Lipinski definition) is 0. The zero-order valence-electron chi connectivity index (χ0n) is 10.9. The molecule has 1 aliphatic rings. The first-order valence-corrected chi connectivity index (χ1v) is 7.53. The lowest BCUT2D eigenvalue weighted by Crippen LogP contribution is -2.16. The smallest absolute Gasteiger partial charge is 0.162 e. The highest BCUT2D eigenvalue weighted by molar-refractivity contribution is 9.09. The Kier molecular flexibility index (Phi) is 4.44. The fourth-order valence-corrected chi connectivity index (χ4v) is 3.30. The second kappa shape index (κ2) is 5.70. The highest BCUT2D eigenvalue weighted by Gasteiger charge is 2.24. The molecule has 2 rings (SSSR count). The van der Waals surface area contributed by atoms with Crippen LogP contribution in [0.25, 0.3) is 0 Å². The Morgan fingerprint density at radius 2 is 1.67 bits per heavy atom. The van der Waals surface area contributed by atoms with Crippen LogP contribution < -0.4 is 9.47 Å². The van der Waals surface area contributed by atoms with Crippen LogP contribution in [0.1, 0.15) is 31.2 Å². The normalized spacial score (nSPS) is 17.7. The maximum atomic E-state index is 6.34. The van der Waals surface area contributed by atoms with Crippen LogP contribution >= 0.6 is 27.5 Å². The van der Waals surface area contributed by atoms with Crippen molar-refractivity contribution in [2.45, 2.75) is 25.6 Å². The van der Waals surface area contributed by atoms with E-state index in [9.17, 15) is 0 Å². The van der Waals surface area contributed by atoms with E-state index in [0.717, 1.165) is 22.1 Å². The zero-order valence-corrected chi connectivity index (χ0v) is 13.2. The predicted octanol–water partition coefficient (Wildman–Crippen LogP) is 4.84. The number of benzene rings is 1. The summed E-state index contributed by atoms with van der Waals surface area (Å²) in [6, 6.07) is 3.85. The van der Waals surface area contributed by atoms with Crippen molar-refractivity contribution in [3.63, 3.8) is 0 Å². The number of rotatable bonds is 3. The molecule has 2 atom stereocenters. The Morgan fingerprint density at radius 3 is 2.22 bits per heavy atom. The Morgan fingerprint density at radius 1 is 1.11 bits per heavy atom. The molecule has 1 aromatic rings. The van der Waals surface area contributed by atoms with Gasteiger partial charge in [-0.2, -0.15) is 0 Å². The van der Waals surface area contributed by atoms with Gasteiger partial charge in [0.05, 0.1) is 0 Å². The van der Waals surface area contributed by atoms with Crippen molar-refractivity contribution in [3.8, 4) is 11.5 Å². The van der Waals surface area contributed by atoms with Crippen LogP contribution in [0.2, 0.25) is 5.02 Å². The summed E-state index contributed by atoms with van der Waals surface area (Å²) in [5, 5.41) is 0.730. The summed E-state index contributed by atoms with van der Waals surface area (Å²) in [5.74, 6) is 2.61. The summed E-state index contributed by atoms with van der Waals surface area (Å²) in [7, 11) is 0. The third-order valence-electron chi connectivity index (χ3n) is 3.47. The van der Waals surface area contributed by atoms with Crippen molar-refractivity contribution in [2.24, 2.45) is 11.8 Å². The van der Waals surface area contributed by atoms with E-state index in [1.165, 1.54) is 0 Å². The molecular formula is C14H18BrClO2. The molecule has 100 valence electrons. The summed E-state index contributed by atoms with van der Waals surface area (Å²) in [6.07, 6.45) is 0. The van der Waals surface area contributed by atoms with E-state index in [0.29, 0.717) is 25.0 Å². The van der Waals surface area contributed by atoms with Gasteiger partial charge in [-0.25, -0.2) is 0 Å². The Labute approximate surface area is 122 Å². The van der Waals surface area contributed by atoms with Gasteiger partial charge >= 0.3 is 0 Å². The van der Waals surface area contributed by atoms with Crippen molar-refractivity contribution >= 4 is 27.5 Å². The molecule has 0 N–H and O–H groups in total. The Hall–Kier alpha value is -0.410. The molecular weight excluding hydrogens is 316 g/mol. The van der Waals surface area contributed by atoms with Gasteiger partial charge in [-0.05, 0) is 23.5 Å². The number of alkyl halides is 1. The SMILES string of the molecule is CC(C)C(C)C(Br)c1cc2c(cc1Cl)OCCO2. The molecule has 0 spiro atoms. The first-order valence-electron chi connectivity index (χ1n) is 6.23. The maximum absolute atomic E-state index is 6.34. The lowest BCUT2D eigenvalue weighted by atomic mass is 9.91. The van der Waals surface area contributed by atoms with Crippen molar-refractivity contribution < 1.29 is 9.47 Å². The maximum Gasteiger partial charge on any atom is 0.162 e. The quantitative estimate of drug-likeness (QED) is 0.737. The van der Waals surface area contributed by atoms with Gasteiger partial charge in [0.2, 0.25) is 0 Å². The first-order chi connectivity index (χ1) is 8.50. The van der Waals surface area contributed by atoms with Crippen molar-refractivity contribution in [1.29, 1.82) is 0 Å². The summed E-state index contributed by atoms with van der Waals surface area (Å²) in [6.45, 7) is 7.83. The van der Waals surface area contributed by atoms with E-state index in [2.05, 4.69) is 36.7 Å². The van der Waals surface area contributed by atoms with E-state index in [4.69, 9.17) is 21.1 Å². The van der Waals surface area contributed by atoms with Gasteiger partial charge in [-0.1, -0.05) is 48.3 Å². The predicted molar refractivity (Wildman–Crippen MR) is 78.1 cm³/mol. The van der Waals surface area contributed by atoms with E-state index in [1.54, 1.807) is 0 Å². The molecule has 2 nitrogen and oxygen atoms in total. The second-order valence-electron chi connectivity index (χ2n) is 5.02. The minimum Gasteiger partial charge on any atom is -0.486 e. The lowest BCUT2D eigenvalue weighted by molar-refractivity contribution is 0.171. The highest BCUT2D eigenvalue weighted by atomic mass is 79.9. The molecule has 0 saturated carbocycles. The number of halogens is 2. The standard InChI is InChI=1S/C14H18BrClO2/c1-8(2)9(3)14(15)10-6-12-13(7-11(10)16)18-5-4-17-12/h6-9,14H,4-5H2,1-3H3. The molecule has 0 saturated heterocycles. The molecule has 2 unspecified atom stereocenters. The van der Waals surface area contributed by atoms with Crippen LogP contribution in [0.5, 0.6) is 11.5 Å². The van der Waals surface area contributed by atoms with Crippen LogP contribution in [-0.2, 0) is 0 Å². The molecule has 0 fully saturated rings. The van der Waals surface area contributed by atoms with Gasteiger partial charge in [0.25, 0.3) is 0 Å². The van der Waals surface area contributed by atoms with Gasteiger partial charge < -0.3 is 9.47 Å². The molecule has 0 aliphatic carbocycles. The van der Waals surface area contributed by atoms with Gasteiger partial charge in [0.1, 0.15) is 13.2 Å². The molecule has 0 bridgehead atoms. The zero-order chi connectivity index (χ0) is 13.3. The van der Waals surface area contributed by atoms with E-state index < -0.39 is 0 Å². The minimum atomic E-state index is 0.223. The van der Waals surface area contributed by atoms with Gasteiger partial charge in [0, 0.05) is 15.9 Å². The Bertz CT molecular complexity index is 434. The molecule has 1 aromatic carbocycles. The topological polar surface area (TPSA) is 18.5 Å². The molecule has 0 aromatic heterocycles. The molecule has 0 amide bonds. The van der Waals surface area contributed by atoms with Crippen LogP contribution in [0.3, 0.4) is 0 Å².